The maximum absolute atomic E-state index is 4.77. The van der Waals surface area contributed by atoms with Crippen molar-refractivity contribution in [1.82, 2.24) is 4.98 Å². The predicted molar refractivity (Wildman–Crippen MR) is 61.0 cm³/mol. The molecule has 0 amide bonds. The van der Waals surface area contributed by atoms with Gasteiger partial charge >= 0.3 is 0 Å². The Hall–Kier alpha value is -1.90. The zero-order chi connectivity index (χ0) is 10.7. The van der Waals surface area contributed by atoms with Gasteiger partial charge in [-0.2, -0.15) is 0 Å². The third kappa shape index (κ3) is 1.81. The van der Waals surface area contributed by atoms with E-state index in [4.69, 9.17) is 4.84 Å². The van der Waals surface area contributed by atoms with Crippen molar-refractivity contribution >= 4 is 16.6 Å². The lowest BCUT2D eigenvalue weighted by molar-refractivity contribution is 0.213. The van der Waals surface area contributed by atoms with Gasteiger partial charge in [0.15, 0.2) is 0 Å². The Kier molecular flexibility index (Phi) is 2.63. The van der Waals surface area contributed by atoms with Gasteiger partial charge in [-0.15, -0.1) is 0 Å². The molecular weight excluding hydrogens is 188 g/mol. The summed E-state index contributed by atoms with van der Waals surface area (Å²) in [6.07, 6.45) is 1.79. The fourth-order valence-corrected chi connectivity index (χ4v) is 1.60. The van der Waals surface area contributed by atoms with Gasteiger partial charge in [0.05, 0.1) is 11.2 Å². The molecule has 1 heterocycles. The third-order valence-corrected chi connectivity index (χ3v) is 2.26. The first-order valence-corrected chi connectivity index (χ1v) is 4.75. The predicted octanol–water partition coefficient (Wildman–Crippen LogP) is 2.61. The molecule has 0 saturated heterocycles. The zero-order valence-electron chi connectivity index (χ0n) is 8.77. The maximum Gasteiger partial charge on any atom is 0.106 e. The van der Waals surface area contributed by atoms with Gasteiger partial charge in [-0.05, 0) is 19.1 Å². The first kappa shape index (κ1) is 9.65. The molecule has 0 unspecified atom stereocenters. The van der Waals surface area contributed by atoms with Gasteiger partial charge in [-0.1, -0.05) is 23.4 Å². The fourth-order valence-electron chi connectivity index (χ4n) is 1.60. The summed E-state index contributed by atoms with van der Waals surface area (Å²) in [6.45, 7) is 1.92. The summed E-state index contributed by atoms with van der Waals surface area (Å²) in [6, 6.07) is 9.93. The molecule has 0 N–H and O–H groups in total. The van der Waals surface area contributed by atoms with Crippen LogP contribution in [-0.2, 0) is 4.84 Å². The summed E-state index contributed by atoms with van der Waals surface area (Å²) in [5.41, 5.74) is 2.89. The second-order valence-corrected chi connectivity index (χ2v) is 3.23. The molecule has 2 rings (SSSR count). The molecule has 0 spiro atoms. The van der Waals surface area contributed by atoms with Crippen molar-refractivity contribution in [2.45, 2.75) is 6.92 Å². The highest BCUT2D eigenvalue weighted by molar-refractivity contribution is 6.08. The minimum atomic E-state index is 0.858. The highest BCUT2D eigenvalue weighted by atomic mass is 16.6. The van der Waals surface area contributed by atoms with E-state index < -0.39 is 0 Å². The second kappa shape index (κ2) is 4.09. The van der Waals surface area contributed by atoms with Gasteiger partial charge in [0.2, 0.25) is 0 Å². The van der Waals surface area contributed by atoms with Gasteiger partial charge in [0, 0.05) is 17.1 Å². The van der Waals surface area contributed by atoms with Crippen LogP contribution in [0.5, 0.6) is 0 Å². The first-order valence-electron chi connectivity index (χ1n) is 4.75. The SMILES string of the molecule is CON=C(C)c1cccc2ncccc12. The van der Waals surface area contributed by atoms with Crippen molar-refractivity contribution in [1.29, 1.82) is 0 Å². The van der Waals surface area contributed by atoms with Crippen LogP contribution in [0.1, 0.15) is 12.5 Å². The van der Waals surface area contributed by atoms with E-state index in [1.54, 1.807) is 13.3 Å². The number of fused-ring (bicyclic) bond motifs is 1. The molecule has 0 aliphatic rings. The van der Waals surface area contributed by atoms with Crippen LogP contribution in [0.15, 0.2) is 41.7 Å². The lowest BCUT2D eigenvalue weighted by Gasteiger charge is -2.04. The van der Waals surface area contributed by atoms with Crippen LogP contribution in [0.25, 0.3) is 10.9 Å². The molecule has 0 bridgehead atoms. The molecule has 3 heteroatoms. The van der Waals surface area contributed by atoms with E-state index in [0.717, 1.165) is 22.2 Å². The summed E-state index contributed by atoms with van der Waals surface area (Å²) in [5.74, 6) is 0. The Balaban J connectivity index is 2.66. The monoisotopic (exact) mass is 200 g/mol. The summed E-state index contributed by atoms with van der Waals surface area (Å²) < 4.78 is 0. The van der Waals surface area contributed by atoms with Crippen LogP contribution in [0.4, 0.5) is 0 Å². The molecule has 1 aromatic heterocycles. The van der Waals surface area contributed by atoms with E-state index in [-0.39, 0.29) is 0 Å². The summed E-state index contributed by atoms with van der Waals surface area (Å²) in [4.78, 5) is 9.06. The van der Waals surface area contributed by atoms with Gasteiger partial charge in [0.1, 0.15) is 7.11 Å². The molecule has 0 fully saturated rings. The molecule has 0 radical (unpaired) electrons. The van der Waals surface area contributed by atoms with Crippen molar-refractivity contribution in [3.8, 4) is 0 Å². The maximum atomic E-state index is 4.77. The van der Waals surface area contributed by atoms with Gasteiger partial charge < -0.3 is 4.84 Å². The van der Waals surface area contributed by atoms with Crippen molar-refractivity contribution < 1.29 is 4.84 Å². The molecule has 0 aliphatic carbocycles. The van der Waals surface area contributed by atoms with Crippen LogP contribution in [-0.4, -0.2) is 17.8 Å². The Bertz CT molecular complexity index is 500. The summed E-state index contributed by atoms with van der Waals surface area (Å²) in [5, 5.41) is 5.03. The van der Waals surface area contributed by atoms with Gasteiger partial charge in [-0.25, -0.2) is 0 Å². The molecule has 76 valence electrons. The van der Waals surface area contributed by atoms with Crippen LogP contribution in [0.3, 0.4) is 0 Å². The van der Waals surface area contributed by atoms with Crippen molar-refractivity contribution in [2.75, 3.05) is 7.11 Å². The number of benzene rings is 1. The Morgan fingerprint density at radius 2 is 2.13 bits per heavy atom. The smallest absolute Gasteiger partial charge is 0.106 e. The number of oxime groups is 1. The summed E-state index contributed by atoms with van der Waals surface area (Å²) in [7, 11) is 1.55. The Morgan fingerprint density at radius 3 is 2.93 bits per heavy atom. The average molecular weight is 200 g/mol. The molecular formula is C12H12N2O. The molecule has 2 aromatic rings. The number of aromatic nitrogens is 1. The Morgan fingerprint density at radius 1 is 1.27 bits per heavy atom. The lowest BCUT2D eigenvalue weighted by Crippen LogP contribution is -1.97. The molecule has 0 saturated carbocycles. The Labute approximate surface area is 88.4 Å². The van der Waals surface area contributed by atoms with Crippen LogP contribution in [0, 0.1) is 0 Å². The van der Waals surface area contributed by atoms with Crippen LogP contribution in [0.2, 0.25) is 0 Å². The molecule has 1 aromatic carbocycles. The van der Waals surface area contributed by atoms with Crippen molar-refractivity contribution in [2.24, 2.45) is 5.16 Å². The van der Waals surface area contributed by atoms with Crippen LogP contribution < -0.4 is 0 Å². The molecule has 0 aliphatic heterocycles. The van der Waals surface area contributed by atoms with E-state index in [0.29, 0.717) is 0 Å². The number of hydrogen-bond donors (Lipinski definition) is 0. The van der Waals surface area contributed by atoms with Gasteiger partial charge in [-0.3, -0.25) is 4.98 Å². The fraction of sp³-hybridized carbons (Fsp3) is 0.167. The van der Waals surface area contributed by atoms with E-state index in [2.05, 4.69) is 10.1 Å². The number of rotatable bonds is 2. The minimum absolute atomic E-state index is 0.858. The highest BCUT2D eigenvalue weighted by Crippen LogP contribution is 2.17. The topological polar surface area (TPSA) is 34.5 Å². The average Bonchev–Trinajstić information content (AvgIpc) is 2.28. The third-order valence-electron chi connectivity index (χ3n) is 2.26. The van der Waals surface area contributed by atoms with Crippen molar-refractivity contribution in [3.05, 3.63) is 42.1 Å². The largest absolute Gasteiger partial charge is 0.399 e. The quantitative estimate of drug-likeness (QED) is 0.551. The minimum Gasteiger partial charge on any atom is -0.399 e. The molecule has 3 nitrogen and oxygen atoms in total. The van der Waals surface area contributed by atoms with E-state index in [9.17, 15) is 0 Å². The van der Waals surface area contributed by atoms with Gasteiger partial charge in [0.25, 0.3) is 0 Å². The highest BCUT2D eigenvalue weighted by Gasteiger charge is 2.03. The standard InChI is InChI=1S/C12H12N2O/c1-9(14-15-2)10-5-3-7-12-11(10)6-4-8-13-12/h3-8H,1-2H3. The number of hydrogen-bond acceptors (Lipinski definition) is 3. The van der Waals surface area contributed by atoms with Crippen LogP contribution >= 0.6 is 0 Å². The van der Waals surface area contributed by atoms with E-state index in [1.165, 1.54) is 0 Å². The normalized spacial score (nSPS) is 11.7. The van der Waals surface area contributed by atoms with E-state index >= 15 is 0 Å². The van der Waals surface area contributed by atoms with E-state index in [1.807, 2.05) is 37.3 Å². The summed E-state index contributed by atoms with van der Waals surface area (Å²) >= 11 is 0. The molecule has 0 atom stereocenters. The molecule has 15 heavy (non-hydrogen) atoms. The van der Waals surface area contributed by atoms with Crippen molar-refractivity contribution in [3.63, 3.8) is 0 Å². The second-order valence-electron chi connectivity index (χ2n) is 3.23. The zero-order valence-corrected chi connectivity index (χ0v) is 8.77. The number of pyridine rings is 1. The number of nitrogens with zero attached hydrogens (tertiary/aromatic N) is 2. The first-order chi connectivity index (χ1) is 7.33. The lowest BCUT2D eigenvalue weighted by atomic mass is 10.1.